The van der Waals surface area contributed by atoms with E-state index in [9.17, 15) is 19.2 Å². The zero-order chi connectivity index (χ0) is 23.0. The molecule has 1 aliphatic rings. The molecule has 2 aromatic heterocycles. The molecular weight excluding hydrogens is 412 g/mol. The summed E-state index contributed by atoms with van der Waals surface area (Å²) < 4.78 is 7.41. The van der Waals surface area contributed by atoms with E-state index < -0.39 is 29.7 Å². The third-order valence-electron chi connectivity index (χ3n) is 5.84. The van der Waals surface area contributed by atoms with Crippen LogP contribution in [0.3, 0.4) is 0 Å². The number of carbonyl (C=O) groups is 2. The Balaban J connectivity index is 1.58. The van der Waals surface area contributed by atoms with Gasteiger partial charge in [0.05, 0.1) is 11.1 Å². The highest BCUT2D eigenvalue weighted by Gasteiger charge is 2.26. The largest absolute Gasteiger partial charge is 0.452 e. The number of fused-ring (bicyclic) bond motifs is 2. The van der Waals surface area contributed by atoms with Crippen molar-refractivity contribution < 1.29 is 14.3 Å². The van der Waals surface area contributed by atoms with Crippen molar-refractivity contribution in [2.45, 2.75) is 26.2 Å². The number of hydrogen-bond donors (Lipinski definition) is 1. The smallest absolute Gasteiger partial charge is 0.339 e. The van der Waals surface area contributed by atoms with Gasteiger partial charge in [0.2, 0.25) is 0 Å². The molecule has 9 heteroatoms. The molecule has 1 atom stereocenters. The average Bonchev–Trinajstić information content (AvgIpc) is 2.78. The van der Waals surface area contributed by atoms with Crippen LogP contribution in [0.15, 0.2) is 39.9 Å². The summed E-state index contributed by atoms with van der Waals surface area (Å²) in [6.45, 7) is 1.58. The zero-order valence-corrected chi connectivity index (χ0v) is 18.2. The van der Waals surface area contributed by atoms with Crippen molar-refractivity contribution in [3.05, 3.63) is 68.0 Å². The Morgan fingerprint density at radius 3 is 2.72 bits per heavy atom. The molecule has 1 aromatic carbocycles. The number of anilines is 1. The number of nitrogens with one attached hydrogen (secondary N) is 1. The lowest BCUT2D eigenvalue weighted by Gasteiger charge is -2.24. The summed E-state index contributed by atoms with van der Waals surface area (Å²) in [5.41, 5.74) is 1.81. The van der Waals surface area contributed by atoms with Crippen LogP contribution in [-0.4, -0.2) is 32.6 Å². The quantitative estimate of drug-likeness (QED) is 0.621. The van der Waals surface area contributed by atoms with Gasteiger partial charge in [0.1, 0.15) is 5.82 Å². The SMILES string of the molecule is CC1CCc2nc3ccccc3c(C(=O)OCC(=O)Nc3cc(=O)n(C)c(=O)n3C)c2C1. The number of esters is 1. The molecule has 3 aromatic rings. The van der Waals surface area contributed by atoms with Crippen LogP contribution < -0.4 is 16.6 Å². The Morgan fingerprint density at radius 1 is 1.19 bits per heavy atom. The van der Waals surface area contributed by atoms with Crippen LogP contribution in [0.25, 0.3) is 10.9 Å². The number of hydrogen-bond acceptors (Lipinski definition) is 6. The fraction of sp³-hybridized carbons (Fsp3) is 0.348. The van der Waals surface area contributed by atoms with Gasteiger partial charge in [-0.3, -0.25) is 23.7 Å². The zero-order valence-electron chi connectivity index (χ0n) is 18.2. The van der Waals surface area contributed by atoms with Crippen LogP contribution in [0.4, 0.5) is 5.82 Å². The van der Waals surface area contributed by atoms with E-state index in [2.05, 4.69) is 12.2 Å². The molecule has 2 heterocycles. The van der Waals surface area contributed by atoms with Crippen molar-refractivity contribution in [1.29, 1.82) is 0 Å². The van der Waals surface area contributed by atoms with Crippen LogP contribution in [0.1, 0.15) is 35.0 Å². The van der Waals surface area contributed by atoms with E-state index in [-0.39, 0.29) is 5.82 Å². The number of rotatable bonds is 4. The highest BCUT2D eigenvalue weighted by molar-refractivity contribution is 6.06. The molecule has 0 radical (unpaired) electrons. The Labute approximate surface area is 183 Å². The maximum Gasteiger partial charge on any atom is 0.339 e. The molecule has 9 nitrogen and oxygen atoms in total. The summed E-state index contributed by atoms with van der Waals surface area (Å²) in [7, 11) is 2.78. The maximum atomic E-state index is 13.1. The predicted molar refractivity (Wildman–Crippen MR) is 119 cm³/mol. The Hall–Kier alpha value is -3.75. The Morgan fingerprint density at radius 2 is 1.94 bits per heavy atom. The van der Waals surface area contributed by atoms with Crippen molar-refractivity contribution in [1.82, 2.24) is 14.1 Å². The lowest BCUT2D eigenvalue weighted by molar-refractivity contribution is -0.119. The number of nitrogens with zero attached hydrogens (tertiary/aromatic N) is 3. The van der Waals surface area contributed by atoms with Gasteiger partial charge in [0.25, 0.3) is 11.5 Å². The average molecular weight is 436 g/mol. The lowest BCUT2D eigenvalue weighted by Crippen LogP contribution is -2.38. The topological polar surface area (TPSA) is 112 Å². The standard InChI is InChI=1S/C23H24N4O5/c1-13-8-9-17-15(10-13)21(14-6-4-5-7-16(14)24-17)22(30)32-12-19(28)25-18-11-20(29)27(3)23(31)26(18)2/h4-7,11,13H,8-10,12H2,1-3H3,(H,25,28). The first-order chi connectivity index (χ1) is 15.3. The summed E-state index contributed by atoms with van der Waals surface area (Å²) in [6.07, 6.45) is 2.52. The third kappa shape index (κ3) is 3.93. The first-order valence-corrected chi connectivity index (χ1v) is 10.4. The van der Waals surface area contributed by atoms with Crippen molar-refractivity contribution in [2.24, 2.45) is 20.0 Å². The minimum absolute atomic E-state index is 0.0275. The van der Waals surface area contributed by atoms with Gasteiger partial charge in [-0.1, -0.05) is 25.1 Å². The van der Waals surface area contributed by atoms with Gasteiger partial charge in [-0.05, 0) is 36.8 Å². The van der Waals surface area contributed by atoms with Gasteiger partial charge in [-0.15, -0.1) is 0 Å². The number of aryl methyl sites for hydroxylation is 1. The highest BCUT2D eigenvalue weighted by Crippen LogP contribution is 2.31. The van der Waals surface area contributed by atoms with Gasteiger partial charge in [0.15, 0.2) is 6.61 Å². The minimum Gasteiger partial charge on any atom is -0.452 e. The van der Waals surface area contributed by atoms with Crippen molar-refractivity contribution >= 4 is 28.6 Å². The number of aromatic nitrogens is 3. The Bertz CT molecular complexity index is 1350. The van der Waals surface area contributed by atoms with Crippen molar-refractivity contribution in [3.8, 4) is 0 Å². The molecule has 0 aliphatic heterocycles. The highest BCUT2D eigenvalue weighted by atomic mass is 16.5. The molecule has 4 rings (SSSR count). The van der Waals surface area contributed by atoms with Crippen LogP contribution in [0.5, 0.6) is 0 Å². The molecule has 0 saturated heterocycles. The normalized spacial score (nSPS) is 15.3. The molecule has 1 amide bonds. The van der Waals surface area contributed by atoms with Crippen molar-refractivity contribution in [3.63, 3.8) is 0 Å². The van der Waals surface area contributed by atoms with Crippen LogP contribution in [0.2, 0.25) is 0 Å². The predicted octanol–water partition coefficient (Wildman–Crippen LogP) is 1.55. The summed E-state index contributed by atoms with van der Waals surface area (Å²) >= 11 is 0. The molecule has 1 unspecified atom stereocenters. The van der Waals surface area contributed by atoms with E-state index >= 15 is 0 Å². The van der Waals surface area contributed by atoms with Gasteiger partial charge in [0, 0.05) is 31.2 Å². The van der Waals surface area contributed by atoms with E-state index in [0.717, 1.165) is 45.7 Å². The number of pyridine rings is 1. The minimum atomic E-state index is -0.651. The third-order valence-corrected chi connectivity index (χ3v) is 5.84. The first-order valence-electron chi connectivity index (χ1n) is 10.4. The van der Waals surface area contributed by atoms with Gasteiger partial charge in [-0.2, -0.15) is 0 Å². The number of amides is 1. The van der Waals surface area contributed by atoms with E-state index in [4.69, 9.17) is 9.72 Å². The number of para-hydroxylation sites is 1. The number of ether oxygens (including phenoxy) is 1. The molecule has 32 heavy (non-hydrogen) atoms. The summed E-state index contributed by atoms with van der Waals surface area (Å²) in [5, 5.41) is 3.15. The molecule has 0 bridgehead atoms. The summed E-state index contributed by atoms with van der Waals surface area (Å²) in [4.78, 5) is 54.0. The van der Waals surface area contributed by atoms with Gasteiger partial charge < -0.3 is 10.1 Å². The second-order valence-electron chi connectivity index (χ2n) is 8.17. The molecular formula is C23H24N4O5. The number of carbonyl (C=O) groups excluding carboxylic acids is 2. The molecule has 0 fully saturated rings. The molecule has 1 N–H and O–H groups in total. The molecule has 166 valence electrons. The second-order valence-corrected chi connectivity index (χ2v) is 8.17. The molecule has 0 saturated carbocycles. The fourth-order valence-corrected chi connectivity index (χ4v) is 4.03. The monoisotopic (exact) mass is 436 g/mol. The van der Waals surface area contributed by atoms with E-state index in [1.165, 1.54) is 14.1 Å². The second kappa shape index (κ2) is 8.41. The van der Waals surface area contributed by atoms with Gasteiger partial charge in [-0.25, -0.2) is 9.59 Å². The maximum absolute atomic E-state index is 13.1. The summed E-state index contributed by atoms with van der Waals surface area (Å²) in [6, 6.07) is 8.52. The molecule has 0 spiro atoms. The van der Waals surface area contributed by atoms with Crippen LogP contribution in [-0.2, 0) is 36.5 Å². The summed E-state index contributed by atoms with van der Waals surface area (Å²) in [5.74, 6) is -0.800. The fourth-order valence-electron chi connectivity index (χ4n) is 4.03. The van der Waals surface area contributed by atoms with E-state index in [1.54, 1.807) is 0 Å². The van der Waals surface area contributed by atoms with E-state index in [0.29, 0.717) is 22.4 Å². The Kier molecular flexibility index (Phi) is 5.65. The molecule has 1 aliphatic carbocycles. The van der Waals surface area contributed by atoms with Crippen LogP contribution in [0, 0.1) is 5.92 Å². The van der Waals surface area contributed by atoms with E-state index in [1.807, 2.05) is 24.3 Å². The number of benzene rings is 1. The first kappa shape index (κ1) is 21.5. The van der Waals surface area contributed by atoms with Gasteiger partial charge >= 0.3 is 11.7 Å². The lowest BCUT2D eigenvalue weighted by atomic mass is 9.84. The van der Waals surface area contributed by atoms with Crippen molar-refractivity contribution in [2.75, 3.05) is 11.9 Å². The van der Waals surface area contributed by atoms with Crippen LogP contribution >= 0.6 is 0 Å².